The summed E-state index contributed by atoms with van der Waals surface area (Å²) in [6.45, 7) is 4.37. The summed E-state index contributed by atoms with van der Waals surface area (Å²) in [4.78, 5) is 18.7. The van der Waals surface area contributed by atoms with Gasteiger partial charge in [0.05, 0.1) is 0 Å². The first-order valence-electron chi connectivity index (χ1n) is 14.5. The highest BCUT2D eigenvalue weighted by Gasteiger charge is 2.32. The lowest BCUT2D eigenvalue weighted by atomic mass is 9.74. The van der Waals surface area contributed by atoms with Crippen molar-refractivity contribution in [2.24, 2.45) is 5.92 Å². The van der Waals surface area contributed by atoms with Gasteiger partial charge in [-0.3, -0.25) is 9.78 Å². The number of nitrogens with zero attached hydrogens (tertiary/aromatic N) is 2. The Bertz CT molecular complexity index is 1150. The number of rotatable bonds is 10. The van der Waals surface area contributed by atoms with Crippen LogP contribution in [-0.2, 0) is 17.6 Å². The standard InChI is InChI=1S/C34H41N3O/c38-33(18-15-27-10-9-21-35-26-27)36-22-7-1-2-8-23-37-24-19-30(20-25-37)34-31-13-5-3-11-28(31)16-17-29-12-4-6-14-32(29)34/h3-6,9-15,18,21,26,30,34H,1-2,7-8,16-17,19-20,22-25H2,(H,36,38)/b18-15-. The van der Waals surface area contributed by atoms with Crippen LogP contribution < -0.4 is 5.32 Å². The molecule has 1 amide bonds. The number of nitrogens with one attached hydrogen (secondary N) is 1. The minimum atomic E-state index is -0.0318. The van der Waals surface area contributed by atoms with Gasteiger partial charge in [0, 0.05) is 30.9 Å². The Morgan fingerprint density at radius 3 is 2.24 bits per heavy atom. The quantitative estimate of drug-likeness (QED) is 0.255. The summed E-state index contributed by atoms with van der Waals surface area (Å²) in [6.07, 6.45) is 16.4. The number of amides is 1. The second kappa shape index (κ2) is 13.5. The van der Waals surface area contributed by atoms with Crippen LogP contribution in [-0.4, -0.2) is 42.0 Å². The van der Waals surface area contributed by atoms with Crippen molar-refractivity contribution in [3.63, 3.8) is 0 Å². The van der Waals surface area contributed by atoms with Crippen LogP contribution in [0, 0.1) is 5.92 Å². The summed E-state index contributed by atoms with van der Waals surface area (Å²) in [7, 11) is 0. The summed E-state index contributed by atoms with van der Waals surface area (Å²) in [5, 5.41) is 2.99. The maximum atomic E-state index is 12.0. The Balaban J connectivity index is 1.02. The van der Waals surface area contributed by atoms with Gasteiger partial charge in [0.2, 0.25) is 5.91 Å². The maximum Gasteiger partial charge on any atom is 0.243 e. The first-order chi connectivity index (χ1) is 18.8. The van der Waals surface area contributed by atoms with Crippen molar-refractivity contribution >= 4 is 12.0 Å². The van der Waals surface area contributed by atoms with Gasteiger partial charge in [-0.25, -0.2) is 0 Å². The van der Waals surface area contributed by atoms with Crippen molar-refractivity contribution in [3.05, 3.63) is 107 Å². The molecule has 0 bridgehead atoms. The van der Waals surface area contributed by atoms with Crippen LogP contribution in [0.3, 0.4) is 0 Å². The molecular weight excluding hydrogens is 466 g/mol. The van der Waals surface area contributed by atoms with Gasteiger partial charge in [-0.15, -0.1) is 0 Å². The third kappa shape index (κ3) is 6.99. The molecule has 1 N–H and O–H groups in total. The number of fused-ring (bicyclic) bond motifs is 2. The highest BCUT2D eigenvalue weighted by atomic mass is 16.1. The summed E-state index contributed by atoms with van der Waals surface area (Å²) in [6, 6.07) is 22.2. The molecule has 198 valence electrons. The van der Waals surface area contributed by atoms with Crippen LogP contribution in [0.25, 0.3) is 6.08 Å². The average molecular weight is 508 g/mol. The summed E-state index contributed by atoms with van der Waals surface area (Å²) in [5.74, 6) is 1.24. The SMILES string of the molecule is O=C(/C=C\c1cccnc1)NCCCCCCN1CCC(C2c3ccccc3CCc3ccccc32)CC1. The predicted octanol–water partition coefficient (Wildman–Crippen LogP) is 6.41. The minimum absolute atomic E-state index is 0.0318. The normalized spacial score (nSPS) is 16.6. The number of hydrogen-bond acceptors (Lipinski definition) is 3. The van der Waals surface area contributed by atoms with E-state index in [4.69, 9.17) is 0 Å². The van der Waals surface area contributed by atoms with Gasteiger partial charge in [0.25, 0.3) is 0 Å². The zero-order valence-electron chi connectivity index (χ0n) is 22.5. The molecule has 4 heteroatoms. The van der Waals surface area contributed by atoms with Crippen LogP contribution in [0.15, 0.2) is 79.1 Å². The predicted molar refractivity (Wildman–Crippen MR) is 156 cm³/mol. The van der Waals surface area contributed by atoms with Crippen molar-refractivity contribution in [2.75, 3.05) is 26.2 Å². The molecule has 0 atom stereocenters. The molecule has 1 fully saturated rings. The van der Waals surface area contributed by atoms with E-state index in [0.29, 0.717) is 5.92 Å². The molecule has 1 aliphatic heterocycles. The molecule has 0 saturated carbocycles. The number of pyridine rings is 1. The molecule has 2 aliphatic rings. The largest absolute Gasteiger partial charge is 0.353 e. The van der Waals surface area contributed by atoms with Gasteiger partial charge in [0.15, 0.2) is 0 Å². The maximum absolute atomic E-state index is 12.0. The van der Waals surface area contributed by atoms with Crippen LogP contribution in [0.1, 0.15) is 72.3 Å². The van der Waals surface area contributed by atoms with Gasteiger partial charge in [-0.05, 0) is 104 Å². The smallest absolute Gasteiger partial charge is 0.243 e. The van der Waals surface area contributed by atoms with E-state index in [1.807, 2.05) is 12.1 Å². The second-order valence-electron chi connectivity index (χ2n) is 10.9. The lowest BCUT2D eigenvalue weighted by molar-refractivity contribution is -0.116. The Hall–Kier alpha value is -3.24. The third-order valence-electron chi connectivity index (χ3n) is 8.36. The molecule has 4 nitrogen and oxygen atoms in total. The van der Waals surface area contributed by atoms with E-state index in [-0.39, 0.29) is 5.91 Å². The van der Waals surface area contributed by atoms with Gasteiger partial charge in [0.1, 0.15) is 0 Å². The number of hydrogen-bond donors (Lipinski definition) is 1. The number of aromatic nitrogens is 1. The molecule has 2 heterocycles. The van der Waals surface area contributed by atoms with Crippen molar-refractivity contribution in [1.82, 2.24) is 15.2 Å². The van der Waals surface area contributed by atoms with E-state index in [1.54, 1.807) is 46.8 Å². The fraction of sp³-hybridized carbons (Fsp3) is 0.412. The molecule has 1 aromatic heterocycles. The lowest BCUT2D eigenvalue weighted by Gasteiger charge is -2.37. The van der Waals surface area contributed by atoms with Gasteiger partial charge in [-0.1, -0.05) is 67.4 Å². The zero-order chi connectivity index (χ0) is 26.0. The molecule has 5 rings (SSSR count). The van der Waals surface area contributed by atoms with Gasteiger partial charge >= 0.3 is 0 Å². The second-order valence-corrected chi connectivity index (χ2v) is 10.9. The van der Waals surface area contributed by atoms with Crippen LogP contribution in [0.4, 0.5) is 0 Å². The molecule has 2 aromatic carbocycles. The first-order valence-corrected chi connectivity index (χ1v) is 14.5. The topological polar surface area (TPSA) is 45.2 Å². The van der Waals surface area contributed by atoms with E-state index >= 15 is 0 Å². The fourth-order valence-electron chi connectivity index (χ4n) is 6.32. The number of carbonyl (C=O) groups is 1. The monoisotopic (exact) mass is 507 g/mol. The Labute approximate surface area is 228 Å². The highest BCUT2D eigenvalue weighted by Crippen LogP contribution is 2.42. The molecule has 3 aromatic rings. The molecule has 0 spiro atoms. The molecule has 38 heavy (non-hydrogen) atoms. The number of benzene rings is 2. The Morgan fingerprint density at radius 2 is 1.55 bits per heavy atom. The van der Waals surface area contributed by atoms with E-state index in [9.17, 15) is 4.79 Å². The van der Waals surface area contributed by atoms with Crippen molar-refractivity contribution in [2.45, 2.75) is 57.3 Å². The first kappa shape index (κ1) is 26.4. The number of carbonyl (C=O) groups excluding carboxylic acids is 1. The van der Waals surface area contributed by atoms with Gasteiger partial charge < -0.3 is 10.2 Å². The van der Waals surface area contributed by atoms with Crippen LogP contribution in [0.5, 0.6) is 0 Å². The number of piperidine rings is 1. The molecule has 1 aliphatic carbocycles. The molecule has 0 radical (unpaired) electrons. The average Bonchev–Trinajstić information content (AvgIpc) is 3.13. The van der Waals surface area contributed by atoms with E-state index < -0.39 is 0 Å². The Morgan fingerprint density at radius 1 is 0.868 bits per heavy atom. The van der Waals surface area contributed by atoms with E-state index in [0.717, 1.165) is 37.3 Å². The molecule has 0 unspecified atom stereocenters. The van der Waals surface area contributed by atoms with Gasteiger partial charge in [-0.2, -0.15) is 0 Å². The number of unbranched alkanes of at least 4 members (excludes halogenated alkanes) is 3. The van der Waals surface area contributed by atoms with Crippen LogP contribution >= 0.6 is 0 Å². The Kier molecular flexibility index (Phi) is 9.39. The fourth-order valence-corrected chi connectivity index (χ4v) is 6.32. The third-order valence-corrected chi connectivity index (χ3v) is 8.36. The van der Waals surface area contributed by atoms with Crippen molar-refractivity contribution in [1.29, 1.82) is 0 Å². The summed E-state index contributed by atoms with van der Waals surface area (Å²) >= 11 is 0. The zero-order valence-corrected chi connectivity index (χ0v) is 22.5. The lowest BCUT2D eigenvalue weighted by Crippen LogP contribution is -2.36. The number of likely N-dealkylation sites (tertiary alicyclic amines) is 1. The molecule has 1 saturated heterocycles. The van der Waals surface area contributed by atoms with E-state index in [1.165, 1.54) is 51.7 Å². The number of aryl methyl sites for hydroxylation is 2. The summed E-state index contributed by atoms with van der Waals surface area (Å²) in [5.41, 5.74) is 7.20. The molecular formula is C34H41N3O. The van der Waals surface area contributed by atoms with Crippen LogP contribution in [0.2, 0.25) is 0 Å². The highest BCUT2D eigenvalue weighted by molar-refractivity contribution is 5.91. The summed E-state index contributed by atoms with van der Waals surface area (Å²) < 4.78 is 0. The minimum Gasteiger partial charge on any atom is -0.353 e. The van der Waals surface area contributed by atoms with Crippen molar-refractivity contribution < 1.29 is 4.79 Å². The van der Waals surface area contributed by atoms with Crippen molar-refractivity contribution in [3.8, 4) is 0 Å². The van der Waals surface area contributed by atoms with E-state index in [2.05, 4.69) is 63.7 Å².